The van der Waals surface area contributed by atoms with Crippen molar-refractivity contribution in [1.82, 2.24) is 4.90 Å². The number of hydrogen-bond acceptors (Lipinski definition) is 4. The Morgan fingerprint density at radius 1 is 1.38 bits per heavy atom. The Morgan fingerprint density at radius 3 is 2.67 bits per heavy atom. The number of amides is 1. The number of benzene rings is 1. The number of phenols is 1. The van der Waals surface area contributed by atoms with Gasteiger partial charge in [0.25, 0.3) is 11.6 Å². The predicted octanol–water partition coefficient (Wildman–Crippen LogP) is 2.95. The van der Waals surface area contributed by atoms with Crippen molar-refractivity contribution in [2.24, 2.45) is 5.92 Å². The van der Waals surface area contributed by atoms with Gasteiger partial charge in [0.1, 0.15) is 11.3 Å². The third-order valence-corrected chi connectivity index (χ3v) is 4.01. The molecule has 1 fully saturated rings. The van der Waals surface area contributed by atoms with Crippen LogP contribution in [0.25, 0.3) is 0 Å². The van der Waals surface area contributed by atoms with Gasteiger partial charge >= 0.3 is 0 Å². The first kappa shape index (κ1) is 15.3. The van der Waals surface area contributed by atoms with Crippen molar-refractivity contribution in [3.05, 3.63) is 33.9 Å². The molecular weight excluding hydrogens is 272 g/mol. The lowest BCUT2D eigenvalue weighted by atomic mass is 9.89. The van der Waals surface area contributed by atoms with Gasteiger partial charge in [-0.3, -0.25) is 14.9 Å². The smallest absolute Gasteiger partial charge is 0.282 e. The average Bonchev–Trinajstić information content (AvgIpc) is 2.47. The van der Waals surface area contributed by atoms with Gasteiger partial charge in [0.15, 0.2) is 0 Å². The lowest BCUT2D eigenvalue weighted by molar-refractivity contribution is -0.385. The van der Waals surface area contributed by atoms with Crippen molar-refractivity contribution < 1.29 is 14.8 Å². The molecule has 0 radical (unpaired) electrons. The van der Waals surface area contributed by atoms with E-state index in [2.05, 4.69) is 0 Å². The molecule has 2 rings (SSSR count). The summed E-state index contributed by atoms with van der Waals surface area (Å²) in [6.45, 7) is 0.603. The summed E-state index contributed by atoms with van der Waals surface area (Å²) in [6, 6.07) is 3.55. The summed E-state index contributed by atoms with van der Waals surface area (Å²) in [4.78, 5) is 24.3. The van der Waals surface area contributed by atoms with E-state index in [1.54, 1.807) is 7.05 Å². The molecule has 6 heteroatoms. The predicted molar refractivity (Wildman–Crippen MR) is 78.3 cm³/mol. The highest BCUT2D eigenvalue weighted by molar-refractivity contribution is 5.98. The Morgan fingerprint density at radius 2 is 2.05 bits per heavy atom. The number of nitrogens with zero attached hydrogens (tertiary/aromatic N) is 2. The van der Waals surface area contributed by atoms with Crippen LogP contribution in [-0.2, 0) is 0 Å². The Hall–Kier alpha value is -2.11. The zero-order valence-electron chi connectivity index (χ0n) is 12.1. The molecule has 1 aromatic carbocycles. The van der Waals surface area contributed by atoms with Gasteiger partial charge < -0.3 is 10.0 Å². The van der Waals surface area contributed by atoms with E-state index in [1.807, 2.05) is 0 Å². The largest absolute Gasteiger partial charge is 0.508 e. The molecule has 1 aliphatic carbocycles. The van der Waals surface area contributed by atoms with Crippen LogP contribution in [0.2, 0.25) is 0 Å². The van der Waals surface area contributed by atoms with Gasteiger partial charge in [-0.05, 0) is 30.9 Å². The van der Waals surface area contributed by atoms with Crippen LogP contribution in [-0.4, -0.2) is 34.4 Å². The maximum Gasteiger partial charge on any atom is 0.282 e. The molecule has 0 spiro atoms. The third-order valence-electron chi connectivity index (χ3n) is 4.01. The molecule has 1 aromatic rings. The summed E-state index contributed by atoms with van der Waals surface area (Å²) >= 11 is 0. The van der Waals surface area contributed by atoms with Gasteiger partial charge in [0, 0.05) is 19.7 Å². The molecule has 0 atom stereocenters. The monoisotopic (exact) mass is 292 g/mol. The second-order valence-corrected chi connectivity index (χ2v) is 5.65. The summed E-state index contributed by atoms with van der Waals surface area (Å²) in [5, 5.41) is 20.5. The SMILES string of the molecule is CN(CC1CCCCC1)C(=O)c1cc(O)ccc1[N+](=O)[O-]. The first-order valence-electron chi connectivity index (χ1n) is 7.22. The van der Waals surface area contributed by atoms with Crippen LogP contribution in [0.1, 0.15) is 42.5 Å². The molecule has 21 heavy (non-hydrogen) atoms. The molecule has 0 saturated heterocycles. The maximum atomic E-state index is 12.4. The standard InChI is InChI=1S/C15H20N2O4/c1-16(10-11-5-3-2-4-6-11)15(19)13-9-12(18)7-8-14(13)17(20)21/h7-9,11,18H,2-6,10H2,1H3. The first-order valence-corrected chi connectivity index (χ1v) is 7.22. The van der Waals surface area contributed by atoms with Gasteiger partial charge in [-0.2, -0.15) is 0 Å². The fourth-order valence-corrected chi connectivity index (χ4v) is 2.90. The first-order chi connectivity index (χ1) is 9.99. The molecule has 0 unspecified atom stereocenters. The molecule has 114 valence electrons. The van der Waals surface area contributed by atoms with Gasteiger partial charge in [0.05, 0.1) is 4.92 Å². The lowest BCUT2D eigenvalue weighted by Crippen LogP contribution is -2.33. The van der Waals surface area contributed by atoms with Crippen LogP contribution in [0.5, 0.6) is 5.75 Å². The Kier molecular flexibility index (Phi) is 4.77. The van der Waals surface area contributed by atoms with Crippen LogP contribution in [0.4, 0.5) is 5.69 Å². The number of aromatic hydroxyl groups is 1. The van der Waals surface area contributed by atoms with E-state index < -0.39 is 10.8 Å². The number of nitro benzene ring substituents is 1. The summed E-state index contributed by atoms with van der Waals surface area (Å²) in [7, 11) is 1.66. The number of phenolic OH excluding ortho intramolecular Hbond substituents is 1. The minimum absolute atomic E-state index is 0.0571. The van der Waals surface area contributed by atoms with Crippen LogP contribution in [0.3, 0.4) is 0 Å². The van der Waals surface area contributed by atoms with E-state index in [-0.39, 0.29) is 17.0 Å². The fourth-order valence-electron chi connectivity index (χ4n) is 2.90. The van der Waals surface area contributed by atoms with Crippen molar-refractivity contribution in [3.63, 3.8) is 0 Å². The number of carbonyl (C=O) groups is 1. The Bertz CT molecular complexity index is 538. The molecule has 1 amide bonds. The molecule has 0 aliphatic heterocycles. The summed E-state index contributed by atoms with van der Waals surface area (Å²) in [5.74, 6) is -0.0951. The number of carbonyl (C=O) groups excluding carboxylic acids is 1. The van der Waals surface area contributed by atoms with Crippen LogP contribution >= 0.6 is 0 Å². The van der Waals surface area contributed by atoms with Crippen LogP contribution in [0, 0.1) is 16.0 Å². The van der Waals surface area contributed by atoms with Gasteiger partial charge in [-0.25, -0.2) is 0 Å². The van der Waals surface area contributed by atoms with Crippen LogP contribution in [0.15, 0.2) is 18.2 Å². The second kappa shape index (κ2) is 6.56. The Labute approximate surface area is 123 Å². The normalized spacial score (nSPS) is 15.7. The summed E-state index contributed by atoms with van der Waals surface area (Å²) in [5.41, 5.74) is -0.327. The van der Waals surface area contributed by atoms with Crippen molar-refractivity contribution in [2.75, 3.05) is 13.6 Å². The Balaban J connectivity index is 2.14. The highest BCUT2D eigenvalue weighted by atomic mass is 16.6. The number of nitro groups is 1. The zero-order valence-corrected chi connectivity index (χ0v) is 12.1. The molecular formula is C15H20N2O4. The summed E-state index contributed by atoms with van der Waals surface area (Å²) in [6.07, 6.45) is 5.80. The second-order valence-electron chi connectivity index (χ2n) is 5.65. The minimum Gasteiger partial charge on any atom is -0.508 e. The highest BCUT2D eigenvalue weighted by Crippen LogP contribution is 2.27. The molecule has 1 N–H and O–H groups in total. The quantitative estimate of drug-likeness (QED) is 0.683. The van der Waals surface area contributed by atoms with E-state index in [9.17, 15) is 20.0 Å². The zero-order chi connectivity index (χ0) is 15.4. The van der Waals surface area contributed by atoms with Crippen molar-refractivity contribution in [1.29, 1.82) is 0 Å². The van der Waals surface area contributed by atoms with Crippen LogP contribution < -0.4 is 0 Å². The van der Waals surface area contributed by atoms with E-state index in [4.69, 9.17) is 0 Å². The van der Waals surface area contributed by atoms with Crippen molar-refractivity contribution in [2.45, 2.75) is 32.1 Å². The van der Waals surface area contributed by atoms with E-state index in [1.165, 1.54) is 30.2 Å². The third kappa shape index (κ3) is 3.71. The van der Waals surface area contributed by atoms with Gasteiger partial charge in [-0.15, -0.1) is 0 Å². The minimum atomic E-state index is -0.596. The average molecular weight is 292 g/mol. The maximum absolute atomic E-state index is 12.4. The molecule has 1 saturated carbocycles. The van der Waals surface area contributed by atoms with E-state index >= 15 is 0 Å². The fraction of sp³-hybridized carbons (Fsp3) is 0.533. The molecule has 0 heterocycles. The highest BCUT2D eigenvalue weighted by Gasteiger charge is 2.25. The lowest BCUT2D eigenvalue weighted by Gasteiger charge is -2.27. The molecule has 6 nitrogen and oxygen atoms in total. The van der Waals surface area contributed by atoms with Crippen molar-refractivity contribution in [3.8, 4) is 5.75 Å². The molecule has 0 aromatic heterocycles. The summed E-state index contributed by atoms with van der Waals surface area (Å²) < 4.78 is 0. The van der Waals surface area contributed by atoms with Gasteiger partial charge in [0.2, 0.25) is 0 Å². The van der Waals surface area contributed by atoms with E-state index in [0.717, 1.165) is 25.0 Å². The topological polar surface area (TPSA) is 83.7 Å². The van der Waals surface area contributed by atoms with E-state index in [0.29, 0.717) is 12.5 Å². The molecule has 1 aliphatic rings. The van der Waals surface area contributed by atoms with Gasteiger partial charge in [-0.1, -0.05) is 19.3 Å². The van der Waals surface area contributed by atoms with Crippen molar-refractivity contribution >= 4 is 11.6 Å². The number of rotatable bonds is 4. The molecule has 0 bridgehead atoms. The number of hydrogen-bond donors (Lipinski definition) is 1.